The minimum Gasteiger partial charge on any atom is -0.493 e. The molecule has 5 nitrogen and oxygen atoms in total. The summed E-state index contributed by atoms with van der Waals surface area (Å²) in [6.45, 7) is 1.68. The van der Waals surface area contributed by atoms with Gasteiger partial charge in [-0.05, 0) is 34.5 Å². The molecule has 0 saturated carbocycles. The van der Waals surface area contributed by atoms with E-state index in [1.54, 1.807) is 32.4 Å². The Morgan fingerprint density at radius 1 is 1.03 bits per heavy atom. The fourth-order valence-corrected chi connectivity index (χ4v) is 3.89. The highest BCUT2D eigenvalue weighted by Crippen LogP contribution is 2.28. The standard InChI is InChI=1S/C24H25NO4/c1-27-22-11-10-19(15-23(22)28-2)24(26)25-12-13-29-20(16-25)14-18-8-5-7-17-6-3-4-9-21(17)18/h3-11,15,20H,12-14,16H2,1-2H3/t20-/m1/s1. The van der Waals surface area contributed by atoms with Crippen molar-refractivity contribution < 1.29 is 19.0 Å². The van der Waals surface area contributed by atoms with E-state index in [-0.39, 0.29) is 12.0 Å². The molecule has 1 amide bonds. The number of methoxy groups -OCH3 is 2. The van der Waals surface area contributed by atoms with Gasteiger partial charge in [0, 0.05) is 25.1 Å². The van der Waals surface area contributed by atoms with Gasteiger partial charge in [-0.1, -0.05) is 42.5 Å². The van der Waals surface area contributed by atoms with Crippen LogP contribution in [0.5, 0.6) is 11.5 Å². The molecule has 0 aromatic heterocycles. The van der Waals surface area contributed by atoms with E-state index in [1.165, 1.54) is 16.3 Å². The van der Waals surface area contributed by atoms with Crippen LogP contribution in [0.2, 0.25) is 0 Å². The van der Waals surface area contributed by atoms with Crippen molar-refractivity contribution in [3.05, 3.63) is 71.8 Å². The van der Waals surface area contributed by atoms with Crippen molar-refractivity contribution in [3.63, 3.8) is 0 Å². The van der Waals surface area contributed by atoms with E-state index >= 15 is 0 Å². The second-order valence-corrected chi connectivity index (χ2v) is 7.16. The molecule has 1 fully saturated rings. The number of fused-ring (bicyclic) bond motifs is 1. The summed E-state index contributed by atoms with van der Waals surface area (Å²) < 4.78 is 16.6. The van der Waals surface area contributed by atoms with E-state index in [0.29, 0.717) is 36.8 Å². The Bertz CT molecular complexity index is 1010. The van der Waals surface area contributed by atoms with Crippen LogP contribution in [0.25, 0.3) is 10.8 Å². The SMILES string of the molecule is COc1ccc(C(=O)N2CCO[C@H](Cc3cccc4ccccc34)C2)cc1OC. The molecule has 0 N–H and O–H groups in total. The van der Waals surface area contributed by atoms with Gasteiger partial charge in [0.2, 0.25) is 0 Å². The van der Waals surface area contributed by atoms with E-state index < -0.39 is 0 Å². The molecule has 1 heterocycles. The van der Waals surface area contributed by atoms with Crippen LogP contribution in [0, 0.1) is 0 Å². The molecule has 0 aliphatic carbocycles. The van der Waals surface area contributed by atoms with Gasteiger partial charge in [-0.15, -0.1) is 0 Å². The van der Waals surface area contributed by atoms with Crippen molar-refractivity contribution in [2.45, 2.75) is 12.5 Å². The number of benzene rings is 3. The first-order chi connectivity index (χ1) is 14.2. The van der Waals surface area contributed by atoms with E-state index in [9.17, 15) is 4.79 Å². The Labute approximate surface area is 170 Å². The Morgan fingerprint density at radius 3 is 2.66 bits per heavy atom. The van der Waals surface area contributed by atoms with Gasteiger partial charge < -0.3 is 19.1 Å². The number of hydrogen-bond donors (Lipinski definition) is 0. The van der Waals surface area contributed by atoms with Crippen LogP contribution in [0.4, 0.5) is 0 Å². The van der Waals surface area contributed by atoms with Gasteiger partial charge in [0.1, 0.15) is 0 Å². The molecule has 0 spiro atoms. The number of morpholine rings is 1. The minimum absolute atomic E-state index is 0.0165. The molecule has 0 bridgehead atoms. The van der Waals surface area contributed by atoms with Crippen molar-refractivity contribution in [2.24, 2.45) is 0 Å². The van der Waals surface area contributed by atoms with Crippen LogP contribution >= 0.6 is 0 Å². The predicted octanol–water partition coefficient (Wildman–Crippen LogP) is 3.94. The van der Waals surface area contributed by atoms with Crippen LogP contribution in [0.3, 0.4) is 0 Å². The summed E-state index contributed by atoms with van der Waals surface area (Å²) in [4.78, 5) is 14.9. The highest BCUT2D eigenvalue weighted by atomic mass is 16.5. The number of rotatable bonds is 5. The Hall–Kier alpha value is -3.05. The maximum Gasteiger partial charge on any atom is 0.254 e. The number of nitrogens with zero attached hydrogens (tertiary/aromatic N) is 1. The lowest BCUT2D eigenvalue weighted by molar-refractivity contribution is -0.0206. The van der Waals surface area contributed by atoms with Crippen LogP contribution < -0.4 is 9.47 Å². The van der Waals surface area contributed by atoms with Crippen molar-refractivity contribution >= 4 is 16.7 Å². The smallest absolute Gasteiger partial charge is 0.254 e. The second-order valence-electron chi connectivity index (χ2n) is 7.16. The summed E-state index contributed by atoms with van der Waals surface area (Å²) in [7, 11) is 3.15. The molecule has 1 saturated heterocycles. The van der Waals surface area contributed by atoms with Crippen molar-refractivity contribution in [3.8, 4) is 11.5 Å². The monoisotopic (exact) mass is 391 g/mol. The number of amides is 1. The fraction of sp³-hybridized carbons (Fsp3) is 0.292. The van der Waals surface area contributed by atoms with Crippen molar-refractivity contribution in [2.75, 3.05) is 33.9 Å². The van der Waals surface area contributed by atoms with Crippen LogP contribution in [-0.4, -0.2) is 50.8 Å². The summed E-state index contributed by atoms with van der Waals surface area (Å²) in [5.41, 5.74) is 1.84. The van der Waals surface area contributed by atoms with Crippen molar-refractivity contribution in [1.29, 1.82) is 0 Å². The third-order valence-corrected chi connectivity index (χ3v) is 5.38. The molecule has 29 heavy (non-hydrogen) atoms. The lowest BCUT2D eigenvalue weighted by atomic mass is 9.99. The average molecular weight is 391 g/mol. The van der Waals surface area contributed by atoms with Crippen LogP contribution in [0.15, 0.2) is 60.7 Å². The third kappa shape index (κ3) is 4.05. The quantitative estimate of drug-likeness (QED) is 0.661. The minimum atomic E-state index is -0.0290. The van der Waals surface area contributed by atoms with E-state index in [4.69, 9.17) is 14.2 Å². The number of ether oxygens (including phenoxy) is 3. The first-order valence-corrected chi connectivity index (χ1v) is 9.79. The Kier molecular flexibility index (Phi) is 5.67. The van der Waals surface area contributed by atoms with Crippen LogP contribution in [0.1, 0.15) is 15.9 Å². The molecule has 0 radical (unpaired) electrons. The molecule has 3 aromatic carbocycles. The van der Waals surface area contributed by atoms with E-state index in [1.807, 2.05) is 11.0 Å². The first-order valence-electron chi connectivity index (χ1n) is 9.79. The molecule has 1 aliphatic rings. The lowest BCUT2D eigenvalue weighted by Gasteiger charge is -2.33. The van der Waals surface area contributed by atoms with Gasteiger partial charge >= 0.3 is 0 Å². The third-order valence-electron chi connectivity index (χ3n) is 5.38. The second kappa shape index (κ2) is 8.53. The average Bonchev–Trinajstić information content (AvgIpc) is 2.78. The summed E-state index contributed by atoms with van der Waals surface area (Å²) in [6.07, 6.45) is 0.746. The highest BCUT2D eigenvalue weighted by Gasteiger charge is 2.26. The van der Waals surface area contributed by atoms with Crippen molar-refractivity contribution in [1.82, 2.24) is 4.90 Å². The van der Waals surface area contributed by atoms with Gasteiger partial charge in [0.05, 0.1) is 26.9 Å². The number of carbonyl (C=O) groups excluding carboxylic acids is 1. The molecule has 1 aliphatic heterocycles. The molecular formula is C24H25NO4. The summed E-state index contributed by atoms with van der Waals surface area (Å²) in [5, 5.41) is 2.46. The topological polar surface area (TPSA) is 48.0 Å². The summed E-state index contributed by atoms with van der Waals surface area (Å²) in [6, 6.07) is 20.0. The first kappa shape index (κ1) is 19.3. The van der Waals surface area contributed by atoms with Gasteiger partial charge in [-0.3, -0.25) is 4.79 Å². The van der Waals surface area contributed by atoms with E-state index in [0.717, 1.165) is 6.42 Å². The molecule has 0 unspecified atom stereocenters. The maximum absolute atomic E-state index is 13.1. The largest absolute Gasteiger partial charge is 0.493 e. The summed E-state index contributed by atoms with van der Waals surface area (Å²) in [5.74, 6) is 1.15. The van der Waals surface area contributed by atoms with Gasteiger partial charge in [-0.25, -0.2) is 0 Å². The molecule has 1 atom stereocenters. The molecule has 3 aromatic rings. The normalized spacial score (nSPS) is 16.6. The lowest BCUT2D eigenvalue weighted by Crippen LogP contribution is -2.46. The fourth-order valence-electron chi connectivity index (χ4n) is 3.89. The summed E-state index contributed by atoms with van der Waals surface area (Å²) >= 11 is 0. The van der Waals surface area contributed by atoms with Crippen LogP contribution in [-0.2, 0) is 11.2 Å². The van der Waals surface area contributed by atoms with Gasteiger partial charge in [0.25, 0.3) is 5.91 Å². The zero-order valence-corrected chi connectivity index (χ0v) is 16.8. The zero-order chi connectivity index (χ0) is 20.2. The number of hydrogen-bond acceptors (Lipinski definition) is 4. The van der Waals surface area contributed by atoms with E-state index in [2.05, 4.69) is 36.4 Å². The molecule has 4 rings (SSSR count). The molecule has 150 valence electrons. The predicted molar refractivity (Wildman–Crippen MR) is 113 cm³/mol. The molecular weight excluding hydrogens is 366 g/mol. The zero-order valence-electron chi connectivity index (χ0n) is 16.8. The Morgan fingerprint density at radius 2 is 1.83 bits per heavy atom. The highest BCUT2D eigenvalue weighted by molar-refractivity contribution is 5.95. The van der Waals surface area contributed by atoms with Gasteiger partial charge in [-0.2, -0.15) is 0 Å². The number of carbonyl (C=O) groups is 1. The Balaban J connectivity index is 1.50. The maximum atomic E-state index is 13.1. The molecule has 5 heteroatoms. The van der Waals surface area contributed by atoms with Gasteiger partial charge in [0.15, 0.2) is 11.5 Å².